The van der Waals surface area contributed by atoms with Gasteiger partial charge in [-0.25, -0.2) is 0 Å². The molecule has 3 N–H and O–H groups in total. The summed E-state index contributed by atoms with van der Waals surface area (Å²) in [5.41, 5.74) is 9.96. The third kappa shape index (κ3) is 8.66. The fourth-order valence-corrected chi connectivity index (χ4v) is 3.51. The number of nitrogens with one attached hydrogen (secondary N) is 1. The number of rotatable bonds is 6. The number of nitrogens with two attached hydrogens (primary N) is 1. The highest BCUT2D eigenvalue weighted by Gasteiger charge is 2.09. The van der Waals surface area contributed by atoms with Crippen molar-refractivity contribution in [2.75, 3.05) is 11.1 Å². The van der Waals surface area contributed by atoms with E-state index in [9.17, 15) is 4.79 Å². The van der Waals surface area contributed by atoms with Gasteiger partial charge in [0.15, 0.2) is 0 Å². The Morgan fingerprint density at radius 2 is 1.05 bits per heavy atom. The van der Waals surface area contributed by atoms with Crippen LogP contribution in [0.2, 0.25) is 0 Å². The van der Waals surface area contributed by atoms with Crippen molar-refractivity contribution < 1.29 is 14.3 Å². The summed E-state index contributed by atoms with van der Waals surface area (Å²) < 4.78 is 11.4. The first kappa shape index (κ1) is 28.8. The molecule has 0 atom stereocenters. The minimum atomic E-state index is -0.134. The number of aryl methyl sites for hydroxylation is 2. The lowest BCUT2D eigenvalue weighted by atomic mass is 10.1. The van der Waals surface area contributed by atoms with E-state index in [4.69, 9.17) is 15.2 Å². The van der Waals surface area contributed by atoms with Crippen molar-refractivity contribution >= 4 is 29.7 Å². The van der Waals surface area contributed by atoms with Gasteiger partial charge in [-0.05, 0) is 73.5 Å². The number of halogens is 1. The van der Waals surface area contributed by atoms with Crippen LogP contribution in [-0.4, -0.2) is 5.91 Å². The number of hydrogen-bond acceptors (Lipinski definition) is 4. The first-order chi connectivity index (χ1) is 18.5. The first-order valence-corrected chi connectivity index (χ1v) is 12.3. The molecule has 0 unspecified atom stereocenters. The van der Waals surface area contributed by atoms with Gasteiger partial charge in [-0.2, -0.15) is 0 Å². The SMILES string of the molecule is Cc1ccc(Oc2ccccc2)cc1N.Cc1ccc(Oc2ccccc2)cc1NC(=O)c1ccccc1.Cl. The van der Waals surface area contributed by atoms with Crippen molar-refractivity contribution in [1.82, 2.24) is 0 Å². The molecule has 198 valence electrons. The second-order valence-corrected chi connectivity index (χ2v) is 8.65. The lowest BCUT2D eigenvalue weighted by Crippen LogP contribution is -2.12. The highest BCUT2D eigenvalue weighted by atomic mass is 35.5. The second kappa shape index (κ2) is 14.3. The summed E-state index contributed by atoms with van der Waals surface area (Å²) in [4.78, 5) is 12.3. The molecule has 1 amide bonds. The Morgan fingerprint density at radius 1 is 0.590 bits per heavy atom. The average Bonchev–Trinajstić information content (AvgIpc) is 2.95. The van der Waals surface area contributed by atoms with Crippen LogP contribution in [-0.2, 0) is 0 Å². The average molecular weight is 539 g/mol. The Hall–Kier alpha value is -4.74. The minimum Gasteiger partial charge on any atom is -0.457 e. The van der Waals surface area contributed by atoms with Gasteiger partial charge in [-0.3, -0.25) is 4.79 Å². The summed E-state index contributed by atoms with van der Waals surface area (Å²) in [7, 11) is 0. The van der Waals surface area contributed by atoms with E-state index < -0.39 is 0 Å². The van der Waals surface area contributed by atoms with Crippen molar-refractivity contribution in [3.63, 3.8) is 0 Å². The standard InChI is InChI=1S/C20H17NO2.C13H13NO.ClH/c1-15-12-13-18(23-17-10-6-3-7-11-17)14-19(15)21-20(22)16-8-4-2-5-9-16;1-10-7-8-12(9-13(10)14)15-11-5-3-2-4-6-11;/h2-14H,1H3,(H,21,22);2-9H,14H2,1H3;1H. The smallest absolute Gasteiger partial charge is 0.255 e. The van der Waals surface area contributed by atoms with Gasteiger partial charge in [0.25, 0.3) is 5.91 Å². The van der Waals surface area contributed by atoms with E-state index in [-0.39, 0.29) is 18.3 Å². The maximum Gasteiger partial charge on any atom is 0.255 e. The molecular weight excluding hydrogens is 508 g/mol. The monoisotopic (exact) mass is 538 g/mol. The summed E-state index contributed by atoms with van der Waals surface area (Å²) in [6.07, 6.45) is 0. The third-order valence-electron chi connectivity index (χ3n) is 5.70. The number of hydrogen-bond donors (Lipinski definition) is 2. The molecule has 0 aromatic heterocycles. The minimum absolute atomic E-state index is 0. The predicted molar refractivity (Wildman–Crippen MR) is 161 cm³/mol. The molecule has 5 rings (SSSR count). The lowest BCUT2D eigenvalue weighted by molar-refractivity contribution is 0.102. The molecule has 0 aliphatic rings. The second-order valence-electron chi connectivity index (χ2n) is 8.65. The number of ether oxygens (including phenoxy) is 2. The number of amides is 1. The summed E-state index contributed by atoms with van der Waals surface area (Å²) in [5.74, 6) is 2.90. The van der Waals surface area contributed by atoms with Crippen LogP contribution in [0.15, 0.2) is 127 Å². The molecule has 0 aliphatic carbocycles. The van der Waals surface area contributed by atoms with E-state index in [1.54, 1.807) is 12.1 Å². The summed E-state index contributed by atoms with van der Waals surface area (Å²) >= 11 is 0. The van der Waals surface area contributed by atoms with Gasteiger partial charge >= 0.3 is 0 Å². The predicted octanol–water partition coefficient (Wildman–Crippen LogP) is 8.83. The van der Waals surface area contributed by atoms with Gasteiger partial charge in [-0.1, -0.05) is 66.7 Å². The van der Waals surface area contributed by atoms with Crippen LogP contribution in [0.5, 0.6) is 23.0 Å². The highest BCUT2D eigenvalue weighted by molar-refractivity contribution is 6.04. The van der Waals surface area contributed by atoms with E-state index in [2.05, 4.69) is 5.32 Å². The summed E-state index contributed by atoms with van der Waals surface area (Å²) in [6.45, 7) is 3.93. The molecule has 39 heavy (non-hydrogen) atoms. The van der Waals surface area contributed by atoms with Crippen LogP contribution in [0.25, 0.3) is 0 Å². The van der Waals surface area contributed by atoms with Gasteiger partial charge in [0.05, 0.1) is 0 Å². The normalized spacial score (nSPS) is 9.79. The number of para-hydroxylation sites is 2. The third-order valence-corrected chi connectivity index (χ3v) is 5.70. The van der Waals surface area contributed by atoms with Crippen LogP contribution >= 0.6 is 12.4 Å². The van der Waals surface area contributed by atoms with Crippen molar-refractivity contribution in [1.29, 1.82) is 0 Å². The molecule has 0 saturated heterocycles. The maximum absolute atomic E-state index is 12.3. The quantitative estimate of drug-likeness (QED) is 0.212. The Balaban J connectivity index is 0.000000228. The highest BCUT2D eigenvalue weighted by Crippen LogP contribution is 2.27. The molecule has 0 aliphatic heterocycles. The first-order valence-electron chi connectivity index (χ1n) is 12.3. The van der Waals surface area contributed by atoms with E-state index in [0.29, 0.717) is 11.3 Å². The van der Waals surface area contributed by atoms with Crippen LogP contribution in [0.4, 0.5) is 11.4 Å². The van der Waals surface area contributed by atoms with Gasteiger partial charge < -0.3 is 20.5 Å². The molecule has 6 heteroatoms. The Bertz CT molecular complexity index is 1480. The zero-order chi connectivity index (χ0) is 26.7. The molecule has 0 bridgehead atoms. The van der Waals surface area contributed by atoms with Gasteiger partial charge in [-0.15, -0.1) is 12.4 Å². The largest absolute Gasteiger partial charge is 0.457 e. The van der Waals surface area contributed by atoms with Gasteiger partial charge in [0.1, 0.15) is 23.0 Å². The van der Waals surface area contributed by atoms with E-state index in [1.807, 2.05) is 129 Å². The van der Waals surface area contributed by atoms with Crippen molar-refractivity contribution in [2.45, 2.75) is 13.8 Å². The molecule has 0 heterocycles. The molecule has 0 radical (unpaired) electrons. The molecular formula is C33H31ClN2O3. The van der Waals surface area contributed by atoms with Gasteiger partial charge in [0, 0.05) is 29.1 Å². The summed E-state index contributed by atoms with van der Waals surface area (Å²) in [6, 6.07) is 39.7. The zero-order valence-electron chi connectivity index (χ0n) is 21.8. The van der Waals surface area contributed by atoms with Crippen LogP contribution < -0.4 is 20.5 Å². The van der Waals surface area contributed by atoms with Gasteiger partial charge in [0.2, 0.25) is 0 Å². The lowest BCUT2D eigenvalue weighted by Gasteiger charge is -2.11. The number of benzene rings is 5. The van der Waals surface area contributed by atoms with Crippen molar-refractivity contribution in [3.05, 3.63) is 144 Å². The number of carbonyl (C=O) groups is 1. The maximum atomic E-state index is 12.3. The van der Waals surface area contributed by atoms with E-state index >= 15 is 0 Å². The van der Waals surface area contributed by atoms with Crippen LogP contribution in [0.1, 0.15) is 21.5 Å². The van der Waals surface area contributed by atoms with Crippen LogP contribution in [0, 0.1) is 13.8 Å². The number of carbonyl (C=O) groups excluding carboxylic acids is 1. The van der Waals surface area contributed by atoms with E-state index in [0.717, 1.165) is 39.8 Å². The molecule has 0 saturated carbocycles. The zero-order valence-corrected chi connectivity index (χ0v) is 22.7. The number of anilines is 2. The fourth-order valence-electron chi connectivity index (χ4n) is 3.51. The Labute approximate surface area is 235 Å². The van der Waals surface area contributed by atoms with Crippen LogP contribution in [0.3, 0.4) is 0 Å². The fraction of sp³-hybridized carbons (Fsp3) is 0.0606. The summed E-state index contributed by atoms with van der Waals surface area (Å²) in [5, 5.41) is 2.93. The molecule has 5 aromatic carbocycles. The molecule has 0 fully saturated rings. The Kier molecular flexibility index (Phi) is 10.5. The number of nitrogen functional groups attached to an aromatic ring is 1. The van der Waals surface area contributed by atoms with Crippen molar-refractivity contribution in [3.8, 4) is 23.0 Å². The molecule has 5 aromatic rings. The molecule has 0 spiro atoms. The topological polar surface area (TPSA) is 73.6 Å². The Morgan fingerprint density at radius 3 is 1.56 bits per heavy atom. The van der Waals surface area contributed by atoms with Crippen molar-refractivity contribution in [2.24, 2.45) is 0 Å². The molecule has 5 nitrogen and oxygen atoms in total. The van der Waals surface area contributed by atoms with E-state index in [1.165, 1.54) is 0 Å².